The fourth-order valence-corrected chi connectivity index (χ4v) is 3.62. The highest BCUT2D eigenvalue weighted by Gasteiger charge is 2.71. The van der Waals surface area contributed by atoms with E-state index in [0.717, 1.165) is 0 Å². The highest BCUT2D eigenvalue weighted by Crippen LogP contribution is 2.53. The number of hydrogen-bond acceptors (Lipinski definition) is 6. The minimum Gasteiger partial charge on any atom is -0.383 e. The van der Waals surface area contributed by atoms with E-state index in [1.165, 1.54) is 0 Å². The summed E-state index contributed by atoms with van der Waals surface area (Å²) in [5.41, 5.74) is -2.32. The first-order valence-corrected chi connectivity index (χ1v) is 7.71. The predicted octanol–water partition coefficient (Wildman–Crippen LogP) is 1.71. The number of aliphatic hydroxyl groups is 1. The molecule has 0 spiro atoms. The van der Waals surface area contributed by atoms with Crippen molar-refractivity contribution in [2.75, 3.05) is 6.61 Å². The molecule has 5 atom stereocenters. The fourth-order valence-electron chi connectivity index (χ4n) is 3.62. The van der Waals surface area contributed by atoms with Crippen LogP contribution in [-0.4, -0.2) is 53.0 Å². The minimum absolute atomic E-state index is 0.310. The molecule has 3 rings (SSSR count). The molecule has 126 valence electrons. The first kappa shape index (κ1) is 16.4. The lowest BCUT2D eigenvalue weighted by molar-refractivity contribution is -0.280. The topological polar surface area (TPSA) is 66.4 Å². The lowest BCUT2D eigenvalue weighted by Gasteiger charge is -2.43. The summed E-state index contributed by atoms with van der Waals surface area (Å²) in [6.07, 6.45) is 0.313. The molecule has 3 heterocycles. The van der Waals surface area contributed by atoms with Gasteiger partial charge in [0.15, 0.2) is 17.9 Å². The summed E-state index contributed by atoms with van der Waals surface area (Å²) >= 11 is 0. The van der Waals surface area contributed by atoms with Gasteiger partial charge in [-0.25, -0.2) is 0 Å². The third-order valence-corrected chi connectivity index (χ3v) is 4.83. The third-order valence-electron chi connectivity index (χ3n) is 4.83. The highest BCUT2D eigenvalue weighted by molar-refractivity contribution is 5.17. The second-order valence-corrected chi connectivity index (χ2v) is 7.38. The van der Waals surface area contributed by atoms with Crippen LogP contribution in [0, 0.1) is 0 Å². The van der Waals surface area contributed by atoms with E-state index in [4.69, 9.17) is 23.7 Å². The summed E-state index contributed by atoms with van der Waals surface area (Å²) in [5.74, 6) is -1.50. The van der Waals surface area contributed by atoms with Crippen molar-refractivity contribution >= 4 is 0 Å². The molecule has 0 aliphatic carbocycles. The second-order valence-electron chi connectivity index (χ2n) is 7.38. The van der Waals surface area contributed by atoms with Gasteiger partial charge in [0.1, 0.15) is 23.4 Å². The normalized spacial score (nSPS) is 49.3. The molecule has 22 heavy (non-hydrogen) atoms. The van der Waals surface area contributed by atoms with E-state index in [1.807, 2.05) is 20.8 Å². The van der Waals surface area contributed by atoms with Crippen LogP contribution in [0.15, 0.2) is 12.7 Å². The van der Waals surface area contributed by atoms with Crippen molar-refractivity contribution in [2.24, 2.45) is 0 Å². The van der Waals surface area contributed by atoms with Gasteiger partial charge in [-0.15, -0.1) is 6.58 Å². The van der Waals surface area contributed by atoms with Gasteiger partial charge in [0.25, 0.3) is 0 Å². The Morgan fingerprint density at radius 1 is 1.05 bits per heavy atom. The van der Waals surface area contributed by atoms with Crippen LogP contribution in [-0.2, 0) is 23.7 Å². The monoisotopic (exact) mass is 314 g/mol. The van der Waals surface area contributed by atoms with Crippen LogP contribution in [0.3, 0.4) is 0 Å². The molecule has 0 aromatic rings. The SMILES string of the molecule is C=CC[C@]1(O)[C@H]2OC(C)(C)O[C@H]2OC1(C)C1COC(C)(C)O1. The van der Waals surface area contributed by atoms with Crippen molar-refractivity contribution < 1.29 is 28.8 Å². The van der Waals surface area contributed by atoms with Gasteiger partial charge in [0, 0.05) is 0 Å². The summed E-state index contributed by atoms with van der Waals surface area (Å²) < 4.78 is 29.4. The van der Waals surface area contributed by atoms with Crippen molar-refractivity contribution in [2.45, 2.75) is 82.3 Å². The Labute approximate surface area is 131 Å². The Morgan fingerprint density at radius 2 is 1.73 bits per heavy atom. The summed E-state index contributed by atoms with van der Waals surface area (Å²) in [7, 11) is 0. The standard InChI is InChI=1S/C16H26O6/c1-7-8-16(17)11-12(21-14(4,5)20-11)22-15(16,6)10-9-18-13(2,3)19-10/h7,10-12,17H,1,8-9H2,2-6H3/t10?,11-,12-,15?,16-/m0/s1. The maximum absolute atomic E-state index is 11.4. The molecule has 3 aliphatic heterocycles. The Balaban J connectivity index is 1.93. The van der Waals surface area contributed by atoms with Crippen molar-refractivity contribution in [3.8, 4) is 0 Å². The molecule has 0 saturated carbocycles. The molecule has 6 heteroatoms. The van der Waals surface area contributed by atoms with Crippen LogP contribution >= 0.6 is 0 Å². The zero-order valence-corrected chi connectivity index (χ0v) is 13.9. The number of rotatable bonds is 3. The average Bonchev–Trinajstić information content (AvgIpc) is 2.94. The number of hydrogen-bond donors (Lipinski definition) is 1. The summed E-state index contributed by atoms with van der Waals surface area (Å²) in [6.45, 7) is 13.2. The molecule has 0 radical (unpaired) electrons. The molecule has 0 aromatic heterocycles. The molecule has 3 fully saturated rings. The molecule has 0 amide bonds. The van der Waals surface area contributed by atoms with Crippen LogP contribution in [0.25, 0.3) is 0 Å². The third kappa shape index (κ3) is 2.25. The van der Waals surface area contributed by atoms with Crippen LogP contribution in [0.2, 0.25) is 0 Å². The zero-order valence-electron chi connectivity index (χ0n) is 13.9. The molecule has 3 saturated heterocycles. The van der Waals surface area contributed by atoms with Gasteiger partial charge in [0.05, 0.1) is 6.61 Å². The van der Waals surface area contributed by atoms with Gasteiger partial charge >= 0.3 is 0 Å². The first-order chi connectivity index (χ1) is 10.0. The summed E-state index contributed by atoms with van der Waals surface area (Å²) in [6, 6.07) is 0. The number of ether oxygens (including phenoxy) is 5. The van der Waals surface area contributed by atoms with E-state index in [9.17, 15) is 5.11 Å². The van der Waals surface area contributed by atoms with Gasteiger partial charge in [0.2, 0.25) is 0 Å². The quantitative estimate of drug-likeness (QED) is 0.800. The molecular formula is C16H26O6. The Hall–Kier alpha value is -0.500. The predicted molar refractivity (Wildman–Crippen MR) is 78.0 cm³/mol. The molecule has 0 bridgehead atoms. The van der Waals surface area contributed by atoms with Crippen molar-refractivity contribution in [3.05, 3.63) is 12.7 Å². The highest BCUT2D eigenvalue weighted by atomic mass is 16.9. The van der Waals surface area contributed by atoms with E-state index < -0.39 is 41.3 Å². The second kappa shape index (κ2) is 4.75. The van der Waals surface area contributed by atoms with E-state index >= 15 is 0 Å². The van der Waals surface area contributed by atoms with E-state index in [0.29, 0.717) is 13.0 Å². The summed E-state index contributed by atoms with van der Waals surface area (Å²) in [5, 5.41) is 11.4. The maximum atomic E-state index is 11.4. The first-order valence-electron chi connectivity index (χ1n) is 7.71. The molecular weight excluding hydrogens is 288 g/mol. The Kier molecular flexibility index (Phi) is 3.53. The lowest BCUT2D eigenvalue weighted by atomic mass is 9.76. The summed E-state index contributed by atoms with van der Waals surface area (Å²) in [4.78, 5) is 0. The zero-order chi connectivity index (χ0) is 16.4. The van der Waals surface area contributed by atoms with Gasteiger partial charge in [-0.2, -0.15) is 0 Å². The molecule has 0 aromatic carbocycles. The van der Waals surface area contributed by atoms with Crippen LogP contribution in [0.1, 0.15) is 41.0 Å². The molecule has 2 unspecified atom stereocenters. The van der Waals surface area contributed by atoms with Crippen molar-refractivity contribution in [1.82, 2.24) is 0 Å². The van der Waals surface area contributed by atoms with Crippen molar-refractivity contribution in [1.29, 1.82) is 0 Å². The van der Waals surface area contributed by atoms with Crippen LogP contribution in [0.4, 0.5) is 0 Å². The Bertz CT molecular complexity index is 475. The van der Waals surface area contributed by atoms with Gasteiger partial charge in [-0.3, -0.25) is 0 Å². The molecule has 3 aliphatic rings. The minimum atomic E-state index is -1.30. The van der Waals surface area contributed by atoms with Gasteiger partial charge < -0.3 is 28.8 Å². The Morgan fingerprint density at radius 3 is 2.27 bits per heavy atom. The van der Waals surface area contributed by atoms with Gasteiger partial charge in [-0.1, -0.05) is 6.08 Å². The van der Waals surface area contributed by atoms with E-state index in [2.05, 4.69) is 6.58 Å². The van der Waals surface area contributed by atoms with Crippen LogP contribution < -0.4 is 0 Å². The number of fused-ring (bicyclic) bond motifs is 1. The maximum Gasteiger partial charge on any atom is 0.191 e. The van der Waals surface area contributed by atoms with Crippen LogP contribution in [0.5, 0.6) is 0 Å². The van der Waals surface area contributed by atoms with E-state index in [1.54, 1.807) is 19.9 Å². The molecule has 1 N–H and O–H groups in total. The van der Waals surface area contributed by atoms with Crippen molar-refractivity contribution in [3.63, 3.8) is 0 Å². The van der Waals surface area contributed by atoms with E-state index in [-0.39, 0.29) is 0 Å². The smallest absolute Gasteiger partial charge is 0.191 e. The molecule has 6 nitrogen and oxygen atoms in total. The lowest BCUT2D eigenvalue weighted by Crippen LogP contribution is -2.62. The average molecular weight is 314 g/mol. The largest absolute Gasteiger partial charge is 0.383 e. The van der Waals surface area contributed by atoms with Gasteiger partial charge in [-0.05, 0) is 41.0 Å². The fraction of sp³-hybridized carbons (Fsp3) is 0.875.